The summed E-state index contributed by atoms with van der Waals surface area (Å²) >= 11 is 0. The molecule has 0 saturated carbocycles. The largest absolute Gasteiger partial charge is 0.367 e. The first kappa shape index (κ1) is 6.40. The highest BCUT2D eigenvalue weighted by molar-refractivity contribution is 5.13. The van der Waals surface area contributed by atoms with E-state index in [4.69, 9.17) is 0 Å². The van der Waals surface area contributed by atoms with Crippen molar-refractivity contribution in [3.63, 3.8) is 0 Å². The van der Waals surface area contributed by atoms with Crippen LogP contribution in [0.5, 0.6) is 0 Å². The fourth-order valence-corrected chi connectivity index (χ4v) is 0.810. The number of hydrogen-bond acceptors (Lipinski definition) is 0. The van der Waals surface area contributed by atoms with Gasteiger partial charge in [-0.25, -0.2) is 0 Å². The Labute approximate surface area is 56.1 Å². The lowest BCUT2D eigenvalue weighted by Gasteiger charge is -2.02. The maximum atomic E-state index is 3.83. The summed E-state index contributed by atoms with van der Waals surface area (Å²) in [5, 5.41) is 0. The molecule has 0 saturated heterocycles. The highest BCUT2D eigenvalue weighted by Gasteiger charge is 2.00. The Morgan fingerprint density at radius 2 is 2.56 bits per heavy atom. The summed E-state index contributed by atoms with van der Waals surface area (Å²) in [5.74, 6) is 0.594. The van der Waals surface area contributed by atoms with E-state index in [0.29, 0.717) is 5.92 Å². The first-order valence-corrected chi connectivity index (χ1v) is 3.26. The van der Waals surface area contributed by atoms with E-state index in [9.17, 15) is 0 Å². The molecule has 0 fully saturated rings. The van der Waals surface area contributed by atoms with Gasteiger partial charge < -0.3 is 4.98 Å². The van der Waals surface area contributed by atoms with Crippen molar-refractivity contribution in [3.8, 4) is 0 Å². The molecule has 0 amide bonds. The lowest BCUT2D eigenvalue weighted by molar-refractivity contribution is 0.780. The van der Waals surface area contributed by atoms with Crippen LogP contribution in [0.25, 0.3) is 0 Å². The van der Waals surface area contributed by atoms with Crippen LogP contribution in [0.2, 0.25) is 0 Å². The van der Waals surface area contributed by atoms with Crippen molar-refractivity contribution in [2.24, 2.45) is 0 Å². The normalized spacial score (nSPS) is 13.6. The van der Waals surface area contributed by atoms with Crippen LogP contribution in [-0.4, -0.2) is 4.98 Å². The Morgan fingerprint density at radius 3 is 3.00 bits per heavy atom. The van der Waals surface area contributed by atoms with Gasteiger partial charge in [0.15, 0.2) is 0 Å². The van der Waals surface area contributed by atoms with Gasteiger partial charge in [-0.3, -0.25) is 0 Å². The highest BCUT2D eigenvalue weighted by Crippen LogP contribution is 2.16. The average Bonchev–Trinajstić information content (AvgIpc) is 2.37. The molecule has 1 rings (SSSR count). The topological polar surface area (TPSA) is 15.8 Å². The fourth-order valence-electron chi connectivity index (χ4n) is 0.810. The quantitative estimate of drug-likeness (QED) is 0.619. The summed E-state index contributed by atoms with van der Waals surface area (Å²) in [6.07, 6.45) is 4.94. The first-order chi connectivity index (χ1) is 4.34. The number of rotatable bonds is 2. The summed E-state index contributed by atoms with van der Waals surface area (Å²) in [5.41, 5.74) is 1.35. The molecule has 1 unspecified atom stereocenters. The van der Waals surface area contributed by atoms with Crippen molar-refractivity contribution < 1.29 is 0 Å². The Balaban J connectivity index is 2.65. The molecule has 1 radical (unpaired) electrons. The van der Waals surface area contributed by atoms with Crippen LogP contribution in [0.15, 0.2) is 18.5 Å². The monoisotopic (exact) mass is 122 g/mol. The fraction of sp³-hybridized carbons (Fsp3) is 0.375. The zero-order valence-corrected chi connectivity index (χ0v) is 5.72. The van der Waals surface area contributed by atoms with Crippen LogP contribution >= 0.6 is 0 Å². The molecular weight excluding hydrogens is 110 g/mol. The molecule has 1 heterocycles. The van der Waals surface area contributed by atoms with Gasteiger partial charge >= 0.3 is 0 Å². The summed E-state index contributed by atoms with van der Waals surface area (Å²) < 4.78 is 0. The van der Waals surface area contributed by atoms with E-state index >= 15 is 0 Å². The van der Waals surface area contributed by atoms with Crippen LogP contribution < -0.4 is 0 Å². The third-order valence-electron chi connectivity index (χ3n) is 1.62. The molecule has 1 aromatic rings. The lowest BCUT2D eigenvalue weighted by atomic mass is 10.0. The molecule has 9 heavy (non-hydrogen) atoms. The van der Waals surface area contributed by atoms with Crippen LogP contribution in [0, 0.1) is 6.92 Å². The van der Waals surface area contributed by atoms with E-state index in [0.717, 1.165) is 6.42 Å². The van der Waals surface area contributed by atoms with Gasteiger partial charge in [0.25, 0.3) is 0 Å². The molecule has 0 aliphatic heterocycles. The molecule has 49 valence electrons. The standard InChI is InChI=1S/C8H12N/c1-3-7(2)8-4-5-9-6-8/h4-7,9H,1,3H2,2H3. The molecule has 1 nitrogen and oxygen atoms in total. The van der Waals surface area contributed by atoms with Crippen molar-refractivity contribution >= 4 is 0 Å². The van der Waals surface area contributed by atoms with E-state index < -0.39 is 0 Å². The predicted octanol–water partition coefficient (Wildman–Crippen LogP) is 2.34. The van der Waals surface area contributed by atoms with Gasteiger partial charge in [0, 0.05) is 12.4 Å². The van der Waals surface area contributed by atoms with E-state index in [2.05, 4.69) is 24.9 Å². The molecule has 1 aromatic heterocycles. The Kier molecular flexibility index (Phi) is 1.93. The average molecular weight is 122 g/mol. The van der Waals surface area contributed by atoms with Gasteiger partial charge in [-0.05, 0) is 24.0 Å². The van der Waals surface area contributed by atoms with Crippen LogP contribution in [0.4, 0.5) is 0 Å². The molecule has 1 heteroatoms. The summed E-state index contributed by atoms with van der Waals surface area (Å²) in [6, 6.07) is 2.09. The first-order valence-electron chi connectivity index (χ1n) is 3.26. The van der Waals surface area contributed by atoms with E-state index in [-0.39, 0.29) is 0 Å². The van der Waals surface area contributed by atoms with Crippen LogP contribution in [0.3, 0.4) is 0 Å². The molecule has 0 aliphatic rings. The Morgan fingerprint density at radius 1 is 1.78 bits per heavy atom. The molecule has 1 atom stereocenters. The second-order valence-corrected chi connectivity index (χ2v) is 2.33. The number of aromatic nitrogens is 1. The van der Waals surface area contributed by atoms with Crippen molar-refractivity contribution in [1.29, 1.82) is 0 Å². The van der Waals surface area contributed by atoms with Gasteiger partial charge in [-0.1, -0.05) is 13.8 Å². The minimum Gasteiger partial charge on any atom is -0.367 e. The number of aromatic amines is 1. The van der Waals surface area contributed by atoms with Crippen molar-refractivity contribution in [1.82, 2.24) is 4.98 Å². The molecule has 0 aromatic carbocycles. The second-order valence-electron chi connectivity index (χ2n) is 2.33. The smallest absolute Gasteiger partial charge is 0.00400 e. The minimum absolute atomic E-state index is 0.594. The maximum Gasteiger partial charge on any atom is 0.00400 e. The van der Waals surface area contributed by atoms with Gasteiger partial charge in [0.2, 0.25) is 0 Å². The molecule has 0 bridgehead atoms. The third-order valence-corrected chi connectivity index (χ3v) is 1.62. The van der Waals surface area contributed by atoms with Crippen molar-refractivity contribution in [3.05, 3.63) is 30.9 Å². The minimum atomic E-state index is 0.594. The van der Waals surface area contributed by atoms with E-state index in [1.54, 1.807) is 0 Å². The van der Waals surface area contributed by atoms with E-state index in [1.165, 1.54) is 5.56 Å². The van der Waals surface area contributed by atoms with Crippen LogP contribution in [-0.2, 0) is 0 Å². The molecule has 1 N–H and O–H groups in total. The van der Waals surface area contributed by atoms with Gasteiger partial charge in [-0.15, -0.1) is 0 Å². The third kappa shape index (κ3) is 1.35. The van der Waals surface area contributed by atoms with Crippen LogP contribution in [0.1, 0.15) is 24.8 Å². The molecule has 0 aliphatic carbocycles. The zero-order chi connectivity index (χ0) is 6.69. The maximum absolute atomic E-state index is 3.83. The van der Waals surface area contributed by atoms with Gasteiger partial charge in [0.05, 0.1) is 0 Å². The highest BCUT2D eigenvalue weighted by atomic mass is 14.6. The number of hydrogen-bond donors (Lipinski definition) is 1. The van der Waals surface area contributed by atoms with Gasteiger partial charge in [-0.2, -0.15) is 0 Å². The lowest BCUT2D eigenvalue weighted by Crippen LogP contribution is -1.86. The molecular formula is C8H12N. The molecule has 0 spiro atoms. The number of nitrogens with one attached hydrogen (secondary N) is 1. The SMILES string of the molecule is [CH2]CC(C)c1cc[nH]c1. The summed E-state index contributed by atoms with van der Waals surface area (Å²) in [7, 11) is 0. The van der Waals surface area contributed by atoms with E-state index in [1.807, 2.05) is 12.4 Å². The van der Waals surface area contributed by atoms with Crippen molar-refractivity contribution in [2.75, 3.05) is 0 Å². The van der Waals surface area contributed by atoms with Gasteiger partial charge in [0.1, 0.15) is 0 Å². The zero-order valence-electron chi connectivity index (χ0n) is 5.72. The Hall–Kier alpha value is -0.720. The Bertz CT molecular complexity index is 153. The summed E-state index contributed by atoms with van der Waals surface area (Å²) in [4.78, 5) is 3.02. The summed E-state index contributed by atoms with van der Waals surface area (Å²) in [6.45, 7) is 6.00. The van der Waals surface area contributed by atoms with Crippen molar-refractivity contribution in [2.45, 2.75) is 19.3 Å². The predicted molar refractivity (Wildman–Crippen MR) is 39.2 cm³/mol. The second kappa shape index (κ2) is 2.72. The number of H-pyrrole nitrogens is 1.